The smallest absolute Gasteiger partial charge is 0.220 e. The molecule has 3 N–H and O–H groups in total. The largest absolute Gasteiger partial charge is 0.356 e. The van der Waals surface area contributed by atoms with E-state index in [4.69, 9.17) is 5.73 Å². The Balaban J connectivity index is 0. The van der Waals surface area contributed by atoms with Gasteiger partial charge in [-0.25, -0.2) is 0 Å². The minimum Gasteiger partial charge on any atom is -0.356 e. The summed E-state index contributed by atoms with van der Waals surface area (Å²) in [5.74, 6) is 1.60. The molecule has 4 nitrogen and oxygen atoms in total. The van der Waals surface area contributed by atoms with Crippen LogP contribution in [0.1, 0.15) is 52.9 Å². The average molecular weight is 356 g/mol. The first-order valence-corrected chi connectivity index (χ1v) is 8.22. The van der Waals surface area contributed by atoms with E-state index in [-0.39, 0.29) is 36.8 Å². The van der Waals surface area contributed by atoms with E-state index in [1.54, 1.807) is 0 Å². The summed E-state index contributed by atoms with van der Waals surface area (Å²) in [6.07, 6.45) is 5.06. The maximum Gasteiger partial charge on any atom is 0.220 e. The van der Waals surface area contributed by atoms with Gasteiger partial charge in [0.15, 0.2) is 0 Å². The van der Waals surface area contributed by atoms with Crippen LogP contribution in [0.25, 0.3) is 0 Å². The Hall–Kier alpha value is -0.0300. The predicted octanol–water partition coefficient (Wildman–Crippen LogP) is 2.83. The quantitative estimate of drug-likeness (QED) is 0.703. The molecule has 0 aromatic carbocycles. The number of carbonyl (C=O) groups is 1. The molecule has 0 radical (unpaired) electrons. The van der Waals surface area contributed by atoms with Gasteiger partial charge in [-0.2, -0.15) is 0 Å². The number of hydrogen-bond donors (Lipinski definition) is 2. The molecule has 1 saturated heterocycles. The molecule has 1 heterocycles. The summed E-state index contributed by atoms with van der Waals surface area (Å²) in [6, 6.07) is 0.116. The number of likely N-dealkylation sites (tertiary alicyclic amines) is 1. The number of piperidine rings is 1. The van der Waals surface area contributed by atoms with Crippen molar-refractivity contribution in [2.45, 2.75) is 58.9 Å². The lowest BCUT2D eigenvalue weighted by molar-refractivity contribution is -0.121. The molecule has 0 spiro atoms. The van der Waals surface area contributed by atoms with Crippen molar-refractivity contribution >= 4 is 30.7 Å². The van der Waals surface area contributed by atoms with Crippen LogP contribution in [-0.2, 0) is 4.79 Å². The second-order valence-electron chi connectivity index (χ2n) is 6.79. The average Bonchev–Trinajstić information content (AvgIpc) is 2.41. The Morgan fingerprint density at radius 2 is 1.77 bits per heavy atom. The maximum atomic E-state index is 11.7. The van der Waals surface area contributed by atoms with Crippen LogP contribution >= 0.6 is 24.8 Å². The molecule has 0 bridgehead atoms. The fourth-order valence-corrected chi connectivity index (χ4v) is 2.56. The van der Waals surface area contributed by atoms with Gasteiger partial charge in [0.05, 0.1) is 0 Å². The number of halogens is 2. The van der Waals surface area contributed by atoms with Gasteiger partial charge in [0.1, 0.15) is 0 Å². The Morgan fingerprint density at radius 3 is 2.27 bits per heavy atom. The summed E-state index contributed by atoms with van der Waals surface area (Å²) < 4.78 is 0. The van der Waals surface area contributed by atoms with Crippen molar-refractivity contribution in [3.05, 3.63) is 0 Å². The van der Waals surface area contributed by atoms with E-state index >= 15 is 0 Å². The van der Waals surface area contributed by atoms with Crippen LogP contribution < -0.4 is 11.1 Å². The number of hydrogen-bond acceptors (Lipinski definition) is 3. The van der Waals surface area contributed by atoms with Crippen molar-refractivity contribution in [1.29, 1.82) is 0 Å². The molecule has 0 aliphatic carbocycles. The highest BCUT2D eigenvalue weighted by molar-refractivity contribution is 5.85. The Kier molecular flexibility index (Phi) is 14.8. The molecule has 1 unspecified atom stereocenters. The first-order valence-electron chi connectivity index (χ1n) is 8.22. The van der Waals surface area contributed by atoms with E-state index < -0.39 is 0 Å². The van der Waals surface area contributed by atoms with Crippen LogP contribution in [0.5, 0.6) is 0 Å². The van der Waals surface area contributed by atoms with Crippen molar-refractivity contribution in [3.8, 4) is 0 Å². The topological polar surface area (TPSA) is 58.4 Å². The zero-order valence-electron chi connectivity index (χ0n) is 14.3. The number of rotatable bonds is 8. The number of nitrogens with zero attached hydrogens (tertiary/aromatic N) is 1. The van der Waals surface area contributed by atoms with Crippen LogP contribution in [0.2, 0.25) is 0 Å². The van der Waals surface area contributed by atoms with Crippen LogP contribution in [0.3, 0.4) is 0 Å². The lowest BCUT2D eigenvalue weighted by atomic mass is 9.96. The highest BCUT2D eigenvalue weighted by atomic mass is 35.5. The second kappa shape index (κ2) is 13.4. The van der Waals surface area contributed by atoms with Gasteiger partial charge in [-0.1, -0.05) is 13.8 Å². The summed E-state index contributed by atoms with van der Waals surface area (Å²) in [4.78, 5) is 14.2. The normalized spacial score (nSPS) is 17.5. The molecule has 1 amide bonds. The molecule has 1 atom stereocenters. The second-order valence-corrected chi connectivity index (χ2v) is 6.79. The molecule has 0 saturated carbocycles. The number of carbonyl (C=O) groups excluding carboxylic acids is 1. The summed E-state index contributed by atoms with van der Waals surface area (Å²) in [5, 5.41) is 3.06. The third-order valence-corrected chi connectivity index (χ3v) is 4.14. The molecule has 6 heteroatoms. The number of nitrogens with one attached hydrogen (secondary N) is 1. The van der Waals surface area contributed by atoms with Crippen molar-refractivity contribution in [3.63, 3.8) is 0 Å². The van der Waals surface area contributed by atoms with Crippen LogP contribution in [0.4, 0.5) is 0 Å². The first-order chi connectivity index (χ1) is 9.47. The zero-order valence-corrected chi connectivity index (χ0v) is 16.0. The number of nitrogens with two attached hydrogens (primary N) is 1. The SMILES string of the molecule is CC(C)CCN1CCC(CNC(=O)CCC(C)N)CC1.Cl.Cl. The Labute approximate surface area is 148 Å². The van der Waals surface area contributed by atoms with Gasteiger partial charge in [-0.15, -0.1) is 24.8 Å². The van der Waals surface area contributed by atoms with Crippen molar-refractivity contribution in [1.82, 2.24) is 10.2 Å². The summed E-state index contributed by atoms with van der Waals surface area (Å²) in [5.41, 5.74) is 5.66. The first kappa shape index (κ1) is 24.2. The minimum atomic E-state index is 0. The lowest BCUT2D eigenvalue weighted by Gasteiger charge is -2.32. The third kappa shape index (κ3) is 11.5. The van der Waals surface area contributed by atoms with Gasteiger partial charge in [0.25, 0.3) is 0 Å². The van der Waals surface area contributed by atoms with E-state index in [2.05, 4.69) is 24.1 Å². The van der Waals surface area contributed by atoms with Gasteiger partial charge >= 0.3 is 0 Å². The zero-order chi connectivity index (χ0) is 15.0. The molecule has 134 valence electrons. The van der Waals surface area contributed by atoms with Gasteiger partial charge in [-0.05, 0) is 64.1 Å². The predicted molar refractivity (Wildman–Crippen MR) is 99.0 cm³/mol. The molecule has 0 aromatic heterocycles. The standard InChI is InChI=1S/C16H33N3O.2ClH/c1-13(2)6-9-19-10-7-15(8-11-19)12-18-16(20)5-4-14(3)17;;/h13-15H,4-12,17H2,1-3H3,(H,18,20);2*1H. The maximum absolute atomic E-state index is 11.7. The molecule has 0 aromatic rings. The lowest BCUT2D eigenvalue weighted by Crippen LogP contribution is -2.39. The Morgan fingerprint density at radius 1 is 1.18 bits per heavy atom. The third-order valence-electron chi connectivity index (χ3n) is 4.14. The Bertz CT molecular complexity index is 281. The van der Waals surface area contributed by atoms with E-state index in [0.717, 1.165) is 18.9 Å². The fourth-order valence-electron chi connectivity index (χ4n) is 2.56. The highest BCUT2D eigenvalue weighted by Gasteiger charge is 2.19. The van der Waals surface area contributed by atoms with E-state index in [1.165, 1.54) is 38.9 Å². The van der Waals surface area contributed by atoms with Gasteiger partial charge in [0, 0.05) is 19.0 Å². The number of amides is 1. The monoisotopic (exact) mass is 355 g/mol. The summed E-state index contributed by atoms with van der Waals surface area (Å²) in [7, 11) is 0. The van der Waals surface area contributed by atoms with Crippen molar-refractivity contribution in [2.75, 3.05) is 26.2 Å². The van der Waals surface area contributed by atoms with E-state index in [0.29, 0.717) is 12.3 Å². The van der Waals surface area contributed by atoms with Crippen molar-refractivity contribution < 1.29 is 4.79 Å². The van der Waals surface area contributed by atoms with Crippen molar-refractivity contribution in [2.24, 2.45) is 17.6 Å². The summed E-state index contributed by atoms with van der Waals surface area (Å²) >= 11 is 0. The molecule has 22 heavy (non-hydrogen) atoms. The molecule has 1 aliphatic rings. The molecule has 1 aliphatic heterocycles. The fraction of sp³-hybridized carbons (Fsp3) is 0.938. The van der Waals surface area contributed by atoms with Crippen LogP contribution in [0, 0.1) is 11.8 Å². The molecule has 1 rings (SSSR count). The van der Waals surface area contributed by atoms with Gasteiger partial charge in [0.2, 0.25) is 5.91 Å². The molecule has 1 fully saturated rings. The van der Waals surface area contributed by atoms with Gasteiger partial charge in [-0.3, -0.25) is 4.79 Å². The van der Waals surface area contributed by atoms with Gasteiger partial charge < -0.3 is 16.0 Å². The van der Waals surface area contributed by atoms with E-state index in [9.17, 15) is 4.79 Å². The summed E-state index contributed by atoms with van der Waals surface area (Å²) in [6.45, 7) is 11.0. The van der Waals surface area contributed by atoms with Crippen LogP contribution in [-0.4, -0.2) is 43.0 Å². The van der Waals surface area contributed by atoms with E-state index in [1.807, 2.05) is 6.92 Å². The molecular weight excluding hydrogens is 321 g/mol. The van der Waals surface area contributed by atoms with Crippen LogP contribution in [0.15, 0.2) is 0 Å². The molecular formula is C16H35Cl2N3O. The highest BCUT2D eigenvalue weighted by Crippen LogP contribution is 2.17. The minimum absolute atomic E-state index is 0.